The quantitative estimate of drug-likeness (QED) is 0.567. The predicted octanol–water partition coefficient (Wildman–Crippen LogP) is 4.46. The number of hydrogen-bond acceptors (Lipinski definition) is 0. The Morgan fingerprint density at radius 1 is 1.27 bits per heavy atom. The molecule has 0 radical (unpaired) electrons. The molecule has 0 heterocycles. The van der Waals surface area contributed by atoms with Gasteiger partial charge < -0.3 is 0 Å². The summed E-state index contributed by atoms with van der Waals surface area (Å²) in [5, 5.41) is 1.14. The Balaban J connectivity index is 0. The van der Waals surface area contributed by atoms with Crippen molar-refractivity contribution in [3.8, 4) is 0 Å². The number of hydrogen-bond donors (Lipinski definition) is 0. The first-order chi connectivity index (χ1) is 5.18. The molecule has 64 valence electrons. The lowest BCUT2D eigenvalue weighted by molar-refractivity contribution is 1.50. The van der Waals surface area contributed by atoms with Crippen molar-refractivity contribution in [2.45, 2.75) is 20.8 Å². The van der Waals surface area contributed by atoms with E-state index in [1.807, 2.05) is 13.8 Å². The van der Waals surface area contributed by atoms with Crippen LogP contribution < -0.4 is 0 Å². The molecule has 0 aliphatic heterocycles. The minimum absolute atomic E-state index is 0.552. The van der Waals surface area contributed by atoms with Gasteiger partial charge in [0.25, 0.3) is 0 Å². The summed E-state index contributed by atoms with van der Waals surface area (Å²) in [5.74, 6) is 0. The fourth-order valence-electron chi connectivity index (χ4n) is 0.267. The van der Waals surface area contributed by atoms with Crippen LogP contribution in [0.3, 0.4) is 0 Å². The van der Waals surface area contributed by atoms with E-state index in [0.717, 1.165) is 0 Å². The van der Waals surface area contributed by atoms with Crippen LogP contribution in [0.2, 0.25) is 0 Å². The standard InChI is InChI=1S/C7H8Cl2.C2H6/c1-3-4-5-7(9)6(2)8;1-2/h3-5H,1H2,2H3;1-2H3/b5-4-,7-6-;. The van der Waals surface area contributed by atoms with Gasteiger partial charge in [0.05, 0.1) is 5.03 Å². The van der Waals surface area contributed by atoms with Gasteiger partial charge in [-0.05, 0) is 13.0 Å². The van der Waals surface area contributed by atoms with E-state index in [-0.39, 0.29) is 0 Å². The highest BCUT2D eigenvalue weighted by Gasteiger charge is 1.87. The van der Waals surface area contributed by atoms with Crippen LogP contribution in [0.15, 0.2) is 34.9 Å². The molecule has 0 aromatic carbocycles. The van der Waals surface area contributed by atoms with Crippen molar-refractivity contribution in [2.75, 3.05) is 0 Å². The van der Waals surface area contributed by atoms with Crippen molar-refractivity contribution in [1.82, 2.24) is 0 Å². The van der Waals surface area contributed by atoms with Gasteiger partial charge in [0, 0.05) is 5.03 Å². The summed E-state index contributed by atoms with van der Waals surface area (Å²) in [6, 6.07) is 0. The third kappa shape index (κ3) is 9.80. The van der Waals surface area contributed by atoms with Crippen molar-refractivity contribution >= 4 is 23.2 Å². The van der Waals surface area contributed by atoms with E-state index in [4.69, 9.17) is 23.2 Å². The lowest BCUT2D eigenvalue weighted by atomic mass is 10.4. The van der Waals surface area contributed by atoms with Crippen LogP contribution in [0.1, 0.15) is 20.8 Å². The van der Waals surface area contributed by atoms with Crippen molar-refractivity contribution in [3.63, 3.8) is 0 Å². The molecule has 0 aliphatic rings. The molecule has 0 aromatic rings. The maximum absolute atomic E-state index is 5.61. The van der Waals surface area contributed by atoms with E-state index >= 15 is 0 Å². The smallest absolute Gasteiger partial charge is 0.0548 e. The van der Waals surface area contributed by atoms with E-state index in [9.17, 15) is 0 Å². The molecule has 2 heteroatoms. The third-order valence-electron chi connectivity index (χ3n) is 0.708. The normalized spacial score (nSPS) is 11.7. The summed E-state index contributed by atoms with van der Waals surface area (Å²) >= 11 is 11.1. The van der Waals surface area contributed by atoms with Crippen LogP contribution in [0.25, 0.3) is 0 Å². The van der Waals surface area contributed by atoms with Gasteiger partial charge in [0.2, 0.25) is 0 Å². The molecular weight excluding hydrogens is 179 g/mol. The zero-order valence-electron chi connectivity index (χ0n) is 7.20. The lowest BCUT2D eigenvalue weighted by Gasteiger charge is -1.86. The first-order valence-corrected chi connectivity index (χ1v) is 4.25. The Morgan fingerprint density at radius 2 is 1.73 bits per heavy atom. The number of rotatable bonds is 2. The molecule has 0 nitrogen and oxygen atoms in total. The average molecular weight is 193 g/mol. The van der Waals surface area contributed by atoms with Gasteiger partial charge in [0.15, 0.2) is 0 Å². The Morgan fingerprint density at radius 3 is 2.00 bits per heavy atom. The van der Waals surface area contributed by atoms with Crippen molar-refractivity contribution in [2.24, 2.45) is 0 Å². The van der Waals surface area contributed by atoms with Crippen LogP contribution in [0.4, 0.5) is 0 Å². The fraction of sp³-hybridized carbons (Fsp3) is 0.333. The second-order valence-corrected chi connectivity index (χ2v) is 2.45. The topological polar surface area (TPSA) is 0 Å². The van der Waals surface area contributed by atoms with E-state index in [0.29, 0.717) is 10.1 Å². The van der Waals surface area contributed by atoms with Gasteiger partial charge in [-0.15, -0.1) is 0 Å². The number of halogens is 2. The minimum Gasteiger partial charge on any atom is -0.0991 e. The van der Waals surface area contributed by atoms with Crippen LogP contribution >= 0.6 is 23.2 Å². The Hall–Kier alpha value is -0.200. The Labute approximate surface area is 79.2 Å². The SMILES string of the molecule is C=C/C=C\C(Cl)=C(/C)Cl.CC. The largest absolute Gasteiger partial charge is 0.0991 e. The molecule has 0 bridgehead atoms. The minimum atomic E-state index is 0.552. The van der Waals surface area contributed by atoms with Gasteiger partial charge in [-0.3, -0.25) is 0 Å². The summed E-state index contributed by atoms with van der Waals surface area (Å²) < 4.78 is 0. The van der Waals surface area contributed by atoms with Gasteiger partial charge in [-0.1, -0.05) is 55.8 Å². The molecule has 0 aliphatic carbocycles. The first kappa shape index (κ1) is 13.4. The van der Waals surface area contributed by atoms with Crippen molar-refractivity contribution in [1.29, 1.82) is 0 Å². The van der Waals surface area contributed by atoms with E-state index in [2.05, 4.69) is 6.58 Å². The maximum atomic E-state index is 5.61. The van der Waals surface area contributed by atoms with Crippen molar-refractivity contribution < 1.29 is 0 Å². The average Bonchev–Trinajstić information content (AvgIpc) is 2.03. The monoisotopic (exact) mass is 192 g/mol. The molecule has 0 amide bonds. The van der Waals surface area contributed by atoms with E-state index in [1.54, 1.807) is 25.2 Å². The molecule has 0 aromatic heterocycles. The Kier molecular flexibility index (Phi) is 11.9. The highest BCUT2D eigenvalue weighted by molar-refractivity contribution is 6.39. The molecule has 0 atom stereocenters. The zero-order valence-corrected chi connectivity index (χ0v) is 8.71. The molecular formula is C9H14Cl2. The molecule has 0 saturated heterocycles. The van der Waals surface area contributed by atoms with Crippen LogP contribution in [-0.4, -0.2) is 0 Å². The molecule has 0 N–H and O–H groups in total. The predicted molar refractivity (Wildman–Crippen MR) is 55.1 cm³/mol. The molecule has 0 spiro atoms. The maximum Gasteiger partial charge on any atom is 0.0548 e. The van der Waals surface area contributed by atoms with E-state index in [1.165, 1.54) is 0 Å². The van der Waals surface area contributed by atoms with Gasteiger partial charge in [-0.2, -0.15) is 0 Å². The summed E-state index contributed by atoms with van der Waals surface area (Å²) in [5.41, 5.74) is 0. The fourth-order valence-corrected chi connectivity index (χ4v) is 0.403. The summed E-state index contributed by atoms with van der Waals surface area (Å²) in [7, 11) is 0. The highest BCUT2D eigenvalue weighted by Crippen LogP contribution is 2.13. The second kappa shape index (κ2) is 9.80. The molecule has 0 saturated carbocycles. The van der Waals surface area contributed by atoms with Gasteiger partial charge >= 0.3 is 0 Å². The molecule has 0 fully saturated rings. The second-order valence-electron chi connectivity index (χ2n) is 1.48. The lowest BCUT2D eigenvalue weighted by Crippen LogP contribution is -1.64. The zero-order chi connectivity index (χ0) is 9.28. The molecule has 0 rings (SSSR count). The molecule has 0 unspecified atom stereocenters. The van der Waals surface area contributed by atoms with Gasteiger partial charge in [0.1, 0.15) is 0 Å². The first-order valence-electron chi connectivity index (χ1n) is 3.49. The van der Waals surface area contributed by atoms with Crippen LogP contribution in [-0.2, 0) is 0 Å². The van der Waals surface area contributed by atoms with Gasteiger partial charge in [-0.25, -0.2) is 0 Å². The Bertz CT molecular complexity index is 151. The van der Waals surface area contributed by atoms with Crippen molar-refractivity contribution in [3.05, 3.63) is 34.9 Å². The highest BCUT2D eigenvalue weighted by atomic mass is 35.5. The van der Waals surface area contributed by atoms with Crippen LogP contribution in [0.5, 0.6) is 0 Å². The summed E-state index contributed by atoms with van der Waals surface area (Å²) in [6.07, 6.45) is 5.06. The summed E-state index contributed by atoms with van der Waals surface area (Å²) in [4.78, 5) is 0. The number of allylic oxidation sites excluding steroid dienone is 5. The van der Waals surface area contributed by atoms with Crippen LogP contribution in [0, 0.1) is 0 Å². The third-order valence-corrected chi connectivity index (χ3v) is 1.42. The van der Waals surface area contributed by atoms with E-state index < -0.39 is 0 Å². The summed E-state index contributed by atoms with van der Waals surface area (Å²) in [6.45, 7) is 9.21. The molecule has 11 heavy (non-hydrogen) atoms.